The highest BCUT2D eigenvalue weighted by atomic mass is 16.6. The maximum atomic E-state index is 12.6. The molecule has 1 aliphatic carbocycles. The number of nitrogens with one attached hydrogen (secondary N) is 3. The molecule has 0 bridgehead atoms. The predicted molar refractivity (Wildman–Crippen MR) is 134 cm³/mol. The average Bonchev–Trinajstić information content (AvgIpc) is 3.26. The Hall–Kier alpha value is -3.17. The summed E-state index contributed by atoms with van der Waals surface area (Å²) in [4.78, 5) is 29.2. The van der Waals surface area contributed by atoms with Crippen molar-refractivity contribution in [2.45, 2.75) is 81.8 Å². The van der Waals surface area contributed by atoms with Crippen molar-refractivity contribution in [2.24, 2.45) is 0 Å². The molecule has 0 spiro atoms. The third-order valence-corrected chi connectivity index (χ3v) is 7.32. The van der Waals surface area contributed by atoms with Gasteiger partial charge in [0, 0.05) is 42.1 Å². The molecule has 4 N–H and O–H groups in total. The van der Waals surface area contributed by atoms with Gasteiger partial charge in [-0.2, -0.15) is 0 Å². The number of amides is 3. The van der Waals surface area contributed by atoms with Gasteiger partial charge in [0.15, 0.2) is 0 Å². The van der Waals surface area contributed by atoms with E-state index in [1.165, 1.54) is 6.42 Å². The van der Waals surface area contributed by atoms with Crippen LogP contribution in [0.5, 0.6) is 5.75 Å². The summed E-state index contributed by atoms with van der Waals surface area (Å²) in [5.74, 6) is 0.574. The summed E-state index contributed by atoms with van der Waals surface area (Å²) in [6.07, 6.45) is 8.58. The zero-order valence-corrected chi connectivity index (χ0v) is 20.3. The molecule has 9 heteroatoms. The van der Waals surface area contributed by atoms with Crippen LogP contribution in [-0.2, 0) is 16.1 Å². The number of pyridine rings is 1. The number of aromatic nitrogens is 1. The fourth-order valence-electron chi connectivity index (χ4n) is 5.55. The number of urea groups is 1. The Kier molecular flexibility index (Phi) is 7.67. The van der Waals surface area contributed by atoms with Crippen LogP contribution in [0.2, 0.25) is 0 Å². The number of rotatable bonds is 7. The maximum absolute atomic E-state index is 12.6. The topological polar surface area (TPSA) is 122 Å². The molecule has 0 radical (unpaired) electrons. The molecule has 1 saturated heterocycles. The molecule has 3 heterocycles. The molecule has 1 saturated carbocycles. The molecule has 9 nitrogen and oxygen atoms in total. The highest BCUT2D eigenvalue weighted by Gasteiger charge is 2.46. The Balaban J connectivity index is 1.21. The number of nitrogens with zero attached hydrogens (tertiary/aromatic N) is 1. The quantitative estimate of drug-likeness (QED) is 0.469. The molecule has 3 amide bonds. The Morgan fingerprint density at radius 2 is 2.00 bits per heavy atom. The molecule has 4 atom stereocenters. The predicted octanol–water partition coefficient (Wildman–Crippen LogP) is 3.24. The van der Waals surface area contributed by atoms with Crippen LogP contribution < -0.4 is 20.7 Å². The molecule has 1 aromatic heterocycles. The molecule has 2 fully saturated rings. The molecule has 36 heavy (non-hydrogen) atoms. The van der Waals surface area contributed by atoms with Crippen LogP contribution in [0.25, 0.3) is 0 Å². The van der Waals surface area contributed by atoms with E-state index in [1.807, 2.05) is 30.3 Å². The molecular weight excluding hydrogens is 460 g/mol. The first-order valence-electron chi connectivity index (χ1n) is 12.9. The number of aliphatic hydroxyl groups is 1. The molecule has 0 unspecified atom stereocenters. The van der Waals surface area contributed by atoms with Crippen LogP contribution in [0.1, 0.15) is 62.0 Å². The van der Waals surface area contributed by atoms with Crippen LogP contribution in [-0.4, -0.2) is 53.0 Å². The third kappa shape index (κ3) is 5.79. The monoisotopic (exact) mass is 494 g/mol. The lowest BCUT2D eigenvalue weighted by molar-refractivity contribution is -0.142. The van der Waals surface area contributed by atoms with Crippen molar-refractivity contribution in [3.05, 3.63) is 53.9 Å². The van der Waals surface area contributed by atoms with Gasteiger partial charge in [-0.1, -0.05) is 25.3 Å². The van der Waals surface area contributed by atoms with Crippen molar-refractivity contribution < 1.29 is 24.2 Å². The molecule has 3 aliphatic rings. The Bertz CT molecular complexity index is 1060. The van der Waals surface area contributed by atoms with Crippen LogP contribution in [0.3, 0.4) is 0 Å². The zero-order valence-electron chi connectivity index (χ0n) is 20.3. The van der Waals surface area contributed by atoms with E-state index in [0.29, 0.717) is 18.7 Å². The number of anilines is 1. The number of carbonyl (C=O) groups is 2. The summed E-state index contributed by atoms with van der Waals surface area (Å²) in [6.45, 7) is 0.205. The van der Waals surface area contributed by atoms with Crippen LogP contribution in [0.4, 0.5) is 10.5 Å². The highest BCUT2D eigenvalue weighted by molar-refractivity contribution is 5.89. The fraction of sp³-hybridized carbons (Fsp3) is 0.519. The van der Waals surface area contributed by atoms with E-state index < -0.39 is 6.10 Å². The van der Waals surface area contributed by atoms with E-state index in [0.717, 1.165) is 42.6 Å². The molecule has 1 aromatic carbocycles. The van der Waals surface area contributed by atoms with Gasteiger partial charge in [0.05, 0.1) is 19.1 Å². The van der Waals surface area contributed by atoms with E-state index in [-0.39, 0.29) is 49.1 Å². The van der Waals surface area contributed by atoms with Gasteiger partial charge >= 0.3 is 6.03 Å². The van der Waals surface area contributed by atoms with Gasteiger partial charge < -0.3 is 30.5 Å². The van der Waals surface area contributed by atoms with E-state index in [4.69, 9.17) is 9.47 Å². The lowest BCUT2D eigenvalue weighted by atomic mass is 9.84. The standard InChI is InChI=1S/C27H34N4O5/c32-16-24-26-22(12-20(35-24)13-25(33)29-15-17-5-4-10-28-14-17)21-11-19(8-9-23(21)36-26)31-27(34)30-18-6-2-1-3-7-18/h4-5,8-11,14,18,20,22,24,26,32H,1-3,6-7,12-13,15-16H2,(H,29,33)(H2,30,31,34)/t20-,22-,24+,26+/m0/s1. The summed E-state index contributed by atoms with van der Waals surface area (Å²) >= 11 is 0. The Morgan fingerprint density at radius 1 is 1.14 bits per heavy atom. The first kappa shape index (κ1) is 24.5. The van der Waals surface area contributed by atoms with E-state index in [1.54, 1.807) is 12.4 Å². The van der Waals surface area contributed by atoms with E-state index in [2.05, 4.69) is 20.9 Å². The van der Waals surface area contributed by atoms with Crippen LogP contribution >= 0.6 is 0 Å². The largest absolute Gasteiger partial charge is 0.487 e. The number of fused-ring (bicyclic) bond motifs is 3. The third-order valence-electron chi connectivity index (χ3n) is 7.32. The molecule has 5 rings (SSSR count). The molecule has 192 valence electrons. The van der Waals surface area contributed by atoms with Crippen molar-refractivity contribution in [3.63, 3.8) is 0 Å². The normalized spacial score (nSPS) is 25.2. The van der Waals surface area contributed by atoms with Crippen LogP contribution in [0, 0.1) is 0 Å². The van der Waals surface area contributed by atoms with Crippen molar-refractivity contribution in [1.29, 1.82) is 0 Å². The van der Waals surface area contributed by atoms with Crippen molar-refractivity contribution in [2.75, 3.05) is 11.9 Å². The molecule has 2 aliphatic heterocycles. The highest BCUT2D eigenvalue weighted by Crippen LogP contribution is 2.47. The van der Waals surface area contributed by atoms with Crippen molar-refractivity contribution in [1.82, 2.24) is 15.6 Å². The van der Waals surface area contributed by atoms with Gasteiger partial charge in [-0.05, 0) is 49.1 Å². The second-order valence-corrected chi connectivity index (χ2v) is 9.93. The summed E-state index contributed by atoms with van der Waals surface area (Å²) in [7, 11) is 0. The van der Waals surface area contributed by atoms with E-state index in [9.17, 15) is 14.7 Å². The summed E-state index contributed by atoms with van der Waals surface area (Å²) in [5, 5.41) is 18.9. The summed E-state index contributed by atoms with van der Waals surface area (Å²) in [6, 6.07) is 9.40. The summed E-state index contributed by atoms with van der Waals surface area (Å²) in [5.41, 5.74) is 2.59. The number of carbonyl (C=O) groups excluding carboxylic acids is 2. The van der Waals surface area contributed by atoms with Crippen molar-refractivity contribution in [3.8, 4) is 5.75 Å². The van der Waals surface area contributed by atoms with Gasteiger partial charge in [-0.3, -0.25) is 9.78 Å². The first-order valence-corrected chi connectivity index (χ1v) is 12.9. The number of aliphatic hydroxyl groups excluding tert-OH is 1. The second-order valence-electron chi connectivity index (χ2n) is 9.93. The average molecular weight is 495 g/mol. The van der Waals surface area contributed by atoms with Gasteiger partial charge in [0.25, 0.3) is 0 Å². The smallest absolute Gasteiger partial charge is 0.319 e. The maximum Gasteiger partial charge on any atom is 0.319 e. The number of hydrogen-bond donors (Lipinski definition) is 4. The van der Waals surface area contributed by atoms with Crippen LogP contribution in [0.15, 0.2) is 42.7 Å². The Morgan fingerprint density at radius 3 is 2.78 bits per heavy atom. The minimum atomic E-state index is -0.529. The zero-order chi connectivity index (χ0) is 24.9. The summed E-state index contributed by atoms with van der Waals surface area (Å²) < 4.78 is 12.2. The SMILES string of the molecule is O=C(C[C@@H]1C[C@H]2c3cc(NC(=O)NC4CCCCC4)ccc3O[C@H]2[C@@H](CO)O1)NCc1cccnc1. The van der Waals surface area contributed by atoms with Gasteiger partial charge in [0.2, 0.25) is 5.91 Å². The Labute approximate surface area is 211 Å². The van der Waals surface area contributed by atoms with Gasteiger partial charge in [-0.15, -0.1) is 0 Å². The van der Waals surface area contributed by atoms with Gasteiger partial charge in [-0.25, -0.2) is 4.79 Å². The fourth-order valence-corrected chi connectivity index (χ4v) is 5.55. The van der Waals surface area contributed by atoms with Crippen molar-refractivity contribution >= 4 is 17.6 Å². The lowest BCUT2D eigenvalue weighted by Crippen LogP contribution is -2.47. The minimum Gasteiger partial charge on any atom is -0.487 e. The lowest BCUT2D eigenvalue weighted by Gasteiger charge is -2.37. The molecule has 2 aromatic rings. The molecular formula is C27H34N4O5. The number of benzene rings is 1. The first-order chi connectivity index (χ1) is 17.6. The minimum absolute atomic E-state index is 0.0369. The van der Waals surface area contributed by atoms with Gasteiger partial charge in [0.1, 0.15) is 18.0 Å². The second kappa shape index (κ2) is 11.3. The number of ether oxygens (including phenoxy) is 2. The van der Waals surface area contributed by atoms with E-state index >= 15 is 0 Å². The number of hydrogen-bond acceptors (Lipinski definition) is 6.